The first-order valence-corrected chi connectivity index (χ1v) is 7.07. The highest BCUT2D eigenvalue weighted by molar-refractivity contribution is 5.89. The molecule has 0 radical (unpaired) electrons. The molecule has 4 nitrogen and oxygen atoms in total. The van der Waals surface area contributed by atoms with Crippen molar-refractivity contribution in [2.24, 2.45) is 0 Å². The van der Waals surface area contributed by atoms with Gasteiger partial charge in [-0.05, 0) is 38.5 Å². The molecule has 0 heterocycles. The molecule has 0 aromatic carbocycles. The first-order valence-electron chi connectivity index (χ1n) is 7.07. The van der Waals surface area contributed by atoms with Crippen molar-refractivity contribution in [1.29, 1.82) is 0 Å². The number of likely N-dealkylation sites (N-methyl/N-ethyl adjacent to an activating group) is 1. The van der Waals surface area contributed by atoms with E-state index in [2.05, 4.69) is 5.32 Å². The van der Waals surface area contributed by atoms with Crippen LogP contribution >= 0.6 is 0 Å². The standard InChI is InChI=1S/C15H22N2O2/c1-17(15(19)11-13-6-3-7-13)9-8-16-14(18)10-12-4-2-5-12/h10-11H,2-9H2,1H3,(H,16,18). The summed E-state index contributed by atoms with van der Waals surface area (Å²) in [7, 11) is 1.77. The van der Waals surface area contributed by atoms with Gasteiger partial charge in [-0.15, -0.1) is 0 Å². The number of allylic oxidation sites excluding steroid dienone is 2. The van der Waals surface area contributed by atoms with Crippen LogP contribution in [0.3, 0.4) is 0 Å². The van der Waals surface area contributed by atoms with Gasteiger partial charge in [-0.25, -0.2) is 0 Å². The molecule has 0 unspecified atom stereocenters. The fourth-order valence-corrected chi connectivity index (χ4v) is 2.03. The molecule has 0 aliphatic heterocycles. The van der Waals surface area contributed by atoms with Crippen LogP contribution in [0.2, 0.25) is 0 Å². The van der Waals surface area contributed by atoms with Crippen molar-refractivity contribution in [3.05, 3.63) is 23.3 Å². The summed E-state index contributed by atoms with van der Waals surface area (Å²) in [5.41, 5.74) is 2.48. The molecule has 2 aliphatic carbocycles. The van der Waals surface area contributed by atoms with Crippen LogP contribution < -0.4 is 5.32 Å². The monoisotopic (exact) mass is 262 g/mol. The van der Waals surface area contributed by atoms with Gasteiger partial charge >= 0.3 is 0 Å². The second-order valence-corrected chi connectivity index (χ2v) is 5.36. The van der Waals surface area contributed by atoms with E-state index in [1.807, 2.05) is 0 Å². The number of rotatable bonds is 5. The molecule has 4 heteroatoms. The summed E-state index contributed by atoms with van der Waals surface area (Å²) >= 11 is 0. The van der Waals surface area contributed by atoms with E-state index in [0.29, 0.717) is 13.1 Å². The van der Waals surface area contributed by atoms with Crippen molar-refractivity contribution < 1.29 is 9.59 Å². The van der Waals surface area contributed by atoms with E-state index in [1.165, 1.54) is 24.0 Å². The Balaban J connectivity index is 1.64. The van der Waals surface area contributed by atoms with Crippen LogP contribution in [0.1, 0.15) is 38.5 Å². The number of hydrogen-bond donors (Lipinski definition) is 1. The second kappa shape index (κ2) is 6.55. The Morgan fingerprint density at radius 3 is 2.21 bits per heavy atom. The van der Waals surface area contributed by atoms with Crippen molar-refractivity contribution in [3.8, 4) is 0 Å². The fourth-order valence-electron chi connectivity index (χ4n) is 2.03. The number of nitrogens with one attached hydrogen (secondary N) is 1. The Morgan fingerprint density at radius 1 is 1.11 bits per heavy atom. The molecule has 0 aromatic rings. The third kappa shape index (κ3) is 4.23. The molecule has 1 N–H and O–H groups in total. The van der Waals surface area contributed by atoms with Crippen molar-refractivity contribution in [1.82, 2.24) is 10.2 Å². The number of amides is 2. The van der Waals surface area contributed by atoms with E-state index in [0.717, 1.165) is 25.7 Å². The van der Waals surface area contributed by atoms with Gasteiger partial charge in [0.2, 0.25) is 11.8 Å². The smallest absolute Gasteiger partial charge is 0.246 e. The fraction of sp³-hybridized carbons (Fsp3) is 0.600. The summed E-state index contributed by atoms with van der Waals surface area (Å²) in [5.74, 6) is 0.00851. The molecule has 2 saturated carbocycles. The molecular weight excluding hydrogens is 240 g/mol. The van der Waals surface area contributed by atoms with Gasteiger partial charge < -0.3 is 10.2 Å². The molecule has 19 heavy (non-hydrogen) atoms. The molecule has 0 bridgehead atoms. The maximum atomic E-state index is 11.8. The summed E-state index contributed by atoms with van der Waals surface area (Å²) in [4.78, 5) is 25.0. The predicted octanol–water partition coefficient (Wildman–Crippen LogP) is 1.78. The lowest BCUT2D eigenvalue weighted by molar-refractivity contribution is -0.125. The number of hydrogen-bond acceptors (Lipinski definition) is 2. The van der Waals surface area contributed by atoms with Crippen LogP contribution in [0.15, 0.2) is 23.3 Å². The van der Waals surface area contributed by atoms with E-state index < -0.39 is 0 Å². The Kier molecular flexibility index (Phi) is 4.77. The first kappa shape index (κ1) is 13.8. The van der Waals surface area contributed by atoms with Gasteiger partial charge in [0.05, 0.1) is 0 Å². The summed E-state index contributed by atoms with van der Waals surface area (Å²) < 4.78 is 0. The highest BCUT2D eigenvalue weighted by Crippen LogP contribution is 2.25. The maximum absolute atomic E-state index is 11.8. The zero-order chi connectivity index (χ0) is 13.7. The van der Waals surface area contributed by atoms with Crippen molar-refractivity contribution >= 4 is 11.8 Å². The van der Waals surface area contributed by atoms with Crippen molar-refractivity contribution in [2.75, 3.05) is 20.1 Å². The SMILES string of the molecule is CN(CCNC(=O)C=C1CCC1)C(=O)C=C1CCC1. The van der Waals surface area contributed by atoms with Crippen LogP contribution in [-0.4, -0.2) is 36.9 Å². The number of carbonyl (C=O) groups is 2. The number of nitrogens with zero attached hydrogens (tertiary/aromatic N) is 1. The predicted molar refractivity (Wildman–Crippen MR) is 74.5 cm³/mol. The van der Waals surface area contributed by atoms with E-state index >= 15 is 0 Å². The summed E-state index contributed by atoms with van der Waals surface area (Å²) in [5, 5.41) is 2.82. The quantitative estimate of drug-likeness (QED) is 0.768. The minimum Gasteiger partial charge on any atom is -0.351 e. The zero-order valence-corrected chi connectivity index (χ0v) is 11.6. The molecule has 0 aromatic heterocycles. The van der Waals surface area contributed by atoms with Gasteiger partial charge in [0.25, 0.3) is 0 Å². The largest absolute Gasteiger partial charge is 0.351 e. The average Bonchev–Trinajstić information content (AvgIpc) is 2.28. The lowest BCUT2D eigenvalue weighted by Gasteiger charge is -2.20. The highest BCUT2D eigenvalue weighted by atomic mass is 16.2. The Labute approximate surface area is 114 Å². The van der Waals surface area contributed by atoms with Gasteiger partial charge in [0.1, 0.15) is 0 Å². The average molecular weight is 262 g/mol. The zero-order valence-electron chi connectivity index (χ0n) is 11.6. The van der Waals surface area contributed by atoms with Gasteiger partial charge in [-0.2, -0.15) is 0 Å². The molecule has 104 valence electrons. The molecule has 2 fully saturated rings. The molecule has 0 spiro atoms. The van der Waals surface area contributed by atoms with Gasteiger partial charge in [-0.1, -0.05) is 11.1 Å². The van der Waals surface area contributed by atoms with E-state index in [1.54, 1.807) is 24.1 Å². The van der Waals surface area contributed by atoms with Crippen LogP contribution in [0, 0.1) is 0 Å². The maximum Gasteiger partial charge on any atom is 0.246 e. The number of carbonyl (C=O) groups excluding carboxylic acids is 2. The van der Waals surface area contributed by atoms with Crippen LogP contribution in [0.25, 0.3) is 0 Å². The molecule has 2 aliphatic rings. The van der Waals surface area contributed by atoms with E-state index in [-0.39, 0.29) is 11.8 Å². The van der Waals surface area contributed by atoms with E-state index in [4.69, 9.17) is 0 Å². The molecule has 2 amide bonds. The second-order valence-electron chi connectivity index (χ2n) is 5.36. The summed E-state index contributed by atoms with van der Waals surface area (Å²) in [6.07, 6.45) is 10.1. The third-order valence-electron chi connectivity index (χ3n) is 3.78. The minimum atomic E-state index is -0.0344. The van der Waals surface area contributed by atoms with E-state index in [9.17, 15) is 9.59 Å². The van der Waals surface area contributed by atoms with Crippen LogP contribution in [-0.2, 0) is 9.59 Å². The lowest BCUT2D eigenvalue weighted by Crippen LogP contribution is -2.35. The Bertz CT molecular complexity index is 412. The third-order valence-corrected chi connectivity index (χ3v) is 3.78. The first-order chi connectivity index (χ1) is 9.15. The normalized spacial score (nSPS) is 17.1. The summed E-state index contributed by atoms with van der Waals surface area (Å²) in [6.45, 7) is 1.06. The molecule has 0 atom stereocenters. The molecule has 2 rings (SSSR count). The van der Waals surface area contributed by atoms with Crippen molar-refractivity contribution in [3.63, 3.8) is 0 Å². The van der Waals surface area contributed by atoms with Crippen LogP contribution in [0.5, 0.6) is 0 Å². The molecular formula is C15H22N2O2. The van der Waals surface area contributed by atoms with Crippen LogP contribution in [0.4, 0.5) is 0 Å². The summed E-state index contributed by atoms with van der Waals surface area (Å²) in [6, 6.07) is 0. The highest BCUT2D eigenvalue weighted by Gasteiger charge is 2.13. The Hall–Kier alpha value is -1.58. The molecule has 0 saturated heterocycles. The Morgan fingerprint density at radius 2 is 1.68 bits per heavy atom. The van der Waals surface area contributed by atoms with Crippen molar-refractivity contribution in [2.45, 2.75) is 38.5 Å². The minimum absolute atomic E-state index is 0.0344. The topological polar surface area (TPSA) is 49.4 Å². The lowest BCUT2D eigenvalue weighted by atomic mass is 9.92. The van der Waals surface area contributed by atoms with Gasteiger partial charge in [0, 0.05) is 32.3 Å². The van der Waals surface area contributed by atoms with Gasteiger partial charge in [-0.3, -0.25) is 9.59 Å². The van der Waals surface area contributed by atoms with Gasteiger partial charge in [0.15, 0.2) is 0 Å².